The van der Waals surface area contributed by atoms with Crippen LogP contribution in [0.25, 0.3) is 10.6 Å². The summed E-state index contributed by atoms with van der Waals surface area (Å²) < 4.78 is 0. The number of aromatic nitrogens is 1. The van der Waals surface area contributed by atoms with Gasteiger partial charge in [-0.05, 0) is 57.6 Å². The molecule has 4 nitrogen and oxygen atoms in total. The average Bonchev–Trinajstić information content (AvgIpc) is 3.48. The number of carbonyl (C=O) groups excluding carboxylic acids is 1. The summed E-state index contributed by atoms with van der Waals surface area (Å²) in [5.74, 6) is 1.00. The van der Waals surface area contributed by atoms with Gasteiger partial charge in [-0.1, -0.05) is 42.3 Å². The van der Waals surface area contributed by atoms with Gasteiger partial charge in [0.15, 0.2) is 0 Å². The standard InChI is InChI=1S/C23H29Cl2N3OS/c1-3-11-28(14-16-7-8-16)17-9-12-27(13-10-17)23(29)21-15(2)26-22(30-21)18-5-4-6-19(24)20(18)25/h4-6,16-17H,3,7-14H2,1-2H3. The molecule has 1 aromatic carbocycles. The smallest absolute Gasteiger partial charge is 0.265 e. The molecule has 0 atom stereocenters. The first-order valence-electron chi connectivity index (χ1n) is 10.9. The Balaban J connectivity index is 1.43. The first-order valence-corrected chi connectivity index (χ1v) is 12.5. The lowest BCUT2D eigenvalue weighted by molar-refractivity contribution is 0.0615. The summed E-state index contributed by atoms with van der Waals surface area (Å²) in [4.78, 5) is 23.2. The number of halogens is 2. The lowest BCUT2D eigenvalue weighted by Gasteiger charge is -2.38. The normalized spacial score (nSPS) is 17.7. The zero-order valence-electron chi connectivity index (χ0n) is 17.7. The van der Waals surface area contributed by atoms with E-state index in [1.165, 1.54) is 43.7 Å². The number of hydrogen-bond donors (Lipinski definition) is 0. The Morgan fingerprint density at radius 1 is 1.23 bits per heavy atom. The molecular formula is C23H29Cl2N3OS. The van der Waals surface area contributed by atoms with E-state index in [0.29, 0.717) is 21.0 Å². The number of likely N-dealkylation sites (tertiary alicyclic amines) is 1. The van der Waals surface area contributed by atoms with Gasteiger partial charge in [0.05, 0.1) is 15.7 Å². The number of piperidine rings is 1. The molecule has 0 spiro atoms. The topological polar surface area (TPSA) is 36.4 Å². The van der Waals surface area contributed by atoms with Gasteiger partial charge in [0.25, 0.3) is 5.91 Å². The number of hydrogen-bond acceptors (Lipinski definition) is 4. The molecule has 4 rings (SSSR count). The molecule has 0 bridgehead atoms. The minimum atomic E-state index is 0.0945. The number of rotatable bonds is 7. The maximum atomic E-state index is 13.2. The van der Waals surface area contributed by atoms with Gasteiger partial charge >= 0.3 is 0 Å². The molecule has 1 saturated heterocycles. The van der Waals surface area contributed by atoms with Crippen LogP contribution in [0.5, 0.6) is 0 Å². The average molecular weight is 466 g/mol. The van der Waals surface area contributed by atoms with Gasteiger partial charge in [-0.15, -0.1) is 11.3 Å². The van der Waals surface area contributed by atoms with E-state index in [-0.39, 0.29) is 5.91 Å². The number of amides is 1. The van der Waals surface area contributed by atoms with Crippen molar-refractivity contribution in [1.82, 2.24) is 14.8 Å². The summed E-state index contributed by atoms with van der Waals surface area (Å²) in [5.41, 5.74) is 1.55. The zero-order valence-corrected chi connectivity index (χ0v) is 20.0. The molecule has 0 N–H and O–H groups in total. The highest BCUT2D eigenvalue weighted by molar-refractivity contribution is 7.17. The number of aryl methyl sites for hydroxylation is 1. The fraction of sp³-hybridized carbons (Fsp3) is 0.565. The molecule has 2 fully saturated rings. The lowest BCUT2D eigenvalue weighted by Crippen LogP contribution is -2.47. The van der Waals surface area contributed by atoms with Crippen LogP contribution in [0.3, 0.4) is 0 Å². The Morgan fingerprint density at radius 3 is 2.63 bits per heavy atom. The first-order chi connectivity index (χ1) is 14.5. The van der Waals surface area contributed by atoms with Crippen LogP contribution in [0, 0.1) is 12.8 Å². The maximum Gasteiger partial charge on any atom is 0.265 e. The van der Waals surface area contributed by atoms with E-state index in [4.69, 9.17) is 23.2 Å². The molecule has 1 aromatic heterocycles. The summed E-state index contributed by atoms with van der Waals surface area (Å²) in [7, 11) is 0. The van der Waals surface area contributed by atoms with Gasteiger partial charge < -0.3 is 4.90 Å². The molecule has 7 heteroatoms. The Hall–Kier alpha value is -1.14. The summed E-state index contributed by atoms with van der Waals surface area (Å²) >= 11 is 13.9. The number of carbonyl (C=O) groups is 1. The molecule has 2 aliphatic rings. The van der Waals surface area contributed by atoms with E-state index >= 15 is 0 Å². The van der Waals surface area contributed by atoms with Crippen LogP contribution >= 0.6 is 34.5 Å². The molecule has 2 aromatic rings. The van der Waals surface area contributed by atoms with Gasteiger partial charge in [-0.2, -0.15) is 0 Å². The molecule has 1 aliphatic carbocycles. The van der Waals surface area contributed by atoms with Crippen LogP contribution in [0.15, 0.2) is 18.2 Å². The number of nitrogens with zero attached hydrogens (tertiary/aromatic N) is 3. The van der Waals surface area contributed by atoms with Crippen LogP contribution in [-0.2, 0) is 0 Å². The highest BCUT2D eigenvalue weighted by Crippen LogP contribution is 2.37. The van der Waals surface area contributed by atoms with Crippen LogP contribution in [0.4, 0.5) is 0 Å². The minimum absolute atomic E-state index is 0.0945. The maximum absolute atomic E-state index is 13.2. The Morgan fingerprint density at radius 2 is 1.97 bits per heavy atom. The third-order valence-corrected chi connectivity index (χ3v) is 8.14. The van der Waals surface area contributed by atoms with Crippen LogP contribution in [-0.4, -0.2) is 52.9 Å². The van der Waals surface area contributed by atoms with E-state index < -0.39 is 0 Å². The number of thiazole rings is 1. The second kappa shape index (κ2) is 9.56. The fourth-order valence-corrected chi connectivity index (χ4v) is 5.81. The van der Waals surface area contributed by atoms with Crippen LogP contribution in [0.1, 0.15) is 54.4 Å². The Bertz CT molecular complexity index is 904. The van der Waals surface area contributed by atoms with E-state index in [1.54, 1.807) is 6.07 Å². The first kappa shape index (κ1) is 22.1. The Labute approximate surface area is 193 Å². The van der Waals surface area contributed by atoms with Crippen molar-refractivity contribution in [2.24, 2.45) is 5.92 Å². The minimum Gasteiger partial charge on any atom is -0.338 e. The SMILES string of the molecule is CCCN(CC1CC1)C1CCN(C(=O)c2sc(-c3cccc(Cl)c3Cl)nc2C)CC1. The molecule has 0 unspecified atom stereocenters. The molecule has 2 heterocycles. The quantitative estimate of drug-likeness (QED) is 0.491. The third kappa shape index (κ3) is 4.85. The van der Waals surface area contributed by atoms with E-state index in [9.17, 15) is 4.79 Å². The van der Waals surface area contributed by atoms with Crippen molar-refractivity contribution < 1.29 is 4.79 Å². The zero-order chi connectivity index (χ0) is 21.3. The molecular weight excluding hydrogens is 437 g/mol. The highest BCUT2D eigenvalue weighted by atomic mass is 35.5. The predicted molar refractivity (Wildman–Crippen MR) is 126 cm³/mol. The van der Waals surface area contributed by atoms with Crippen molar-refractivity contribution in [2.75, 3.05) is 26.2 Å². The molecule has 0 radical (unpaired) electrons. The van der Waals surface area contributed by atoms with Crippen molar-refractivity contribution in [1.29, 1.82) is 0 Å². The van der Waals surface area contributed by atoms with Gasteiger partial charge in [0.2, 0.25) is 0 Å². The van der Waals surface area contributed by atoms with Crippen molar-refractivity contribution >= 4 is 40.4 Å². The molecule has 1 aliphatic heterocycles. The van der Waals surface area contributed by atoms with Crippen LogP contribution < -0.4 is 0 Å². The second-order valence-electron chi connectivity index (χ2n) is 8.50. The summed E-state index contributed by atoms with van der Waals surface area (Å²) in [6.45, 7) is 8.21. The Kier molecular flexibility index (Phi) is 7.03. The van der Waals surface area contributed by atoms with Crippen molar-refractivity contribution in [3.05, 3.63) is 38.8 Å². The molecule has 1 amide bonds. The van der Waals surface area contributed by atoms with Crippen molar-refractivity contribution in [3.63, 3.8) is 0 Å². The molecule has 162 valence electrons. The van der Waals surface area contributed by atoms with Crippen molar-refractivity contribution in [2.45, 2.75) is 52.0 Å². The second-order valence-corrected chi connectivity index (χ2v) is 10.3. The lowest BCUT2D eigenvalue weighted by atomic mass is 10.0. The highest BCUT2D eigenvalue weighted by Gasteiger charge is 2.32. The van der Waals surface area contributed by atoms with Gasteiger partial charge in [0.1, 0.15) is 9.88 Å². The summed E-state index contributed by atoms with van der Waals surface area (Å²) in [6.07, 6.45) is 6.09. The largest absolute Gasteiger partial charge is 0.338 e. The molecule has 30 heavy (non-hydrogen) atoms. The van der Waals surface area contributed by atoms with Gasteiger partial charge in [0, 0.05) is 31.2 Å². The molecule has 1 saturated carbocycles. The van der Waals surface area contributed by atoms with E-state index in [1.807, 2.05) is 24.0 Å². The van der Waals surface area contributed by atoms with E-state index in [2.05, 4.69) is 16.8 Å². The van der Waals surface area contributed by atoms with Crippen molar-refractivity contribution in [3.8, 4) is 10.6 Å². The van der Waals surface area contributed by atoms with E-state index in [0.717, 1.165) is 48.1 Å². The monoisotopic (exact) mass is 465 g/mol. The van der Waals surface area contributed by atoms with Gasteiger partial charge in [-0.3, -0.25) is 9.69 Å². The predicted octanol–water partition coefficient (Wildman–Crippen LogP) is 6.15. The number of benzene rings is 1. The van der Waals surface area contributed by atoms with Gasteiger partial charge in [-0.25, -0.2) is 4.98 Å². The summed E-state index contributed by atoms with van der Waals surface area (Å²) in [6, 6.07) is 6.12. The summed E-state index contributed by atoms with van der Waals surface area (Å²) in [5, 5.41) is 1.73. The third-order valence-electron chi connectivity index (χ3n) is 6.14. The fourth-order valence-electron chi connectivity index (χ4n) is 4.30. The van der Waals surface area contributed by atoms with Crippen LogP contribution in [0.2, 0.25) is 10.0 Å².